The van der Waals surface area contributed by atoms with E-state index in [-0.39, 0.29) is 0 Å². The van der Waals surface area contributed by atoms with Gasteiger partial charge in [-0.25, -0.2) is 4.98 Å². The fourth-order valence-corrected chi connectivity index (χ4v) is 3.47. The number of aromatic nitrogens is 2. The molecule has 0 spiro atoms. The number of hydrogen-bond acceptors (Lipinski definition) is 3. The smallest absolute Gasteiger partial charge is 0.119 e. The van der Waals surface area contributed by atoms with Crippen molar-refractivity contribution in [1.29, 1.82) is 0 Å². The molecule has 1 aliphatic rings. The number of nitrogens with zero attached hydrogens (tertiary/aromatic N) is 2. The highest BCUT2D eigenvalue weighted by molar-refractivity contribution is 5.40. The van der Waals surface area contributed by atoms with Gasteiger partial charge in [-0.2, -0.15) is 0 Å². The van der Waals surface area contributed by atoms with Gasteiger partial charge in [0, 0.05) is 18.8 Å². The highest BCUT2D eigenvalue weighted by Gasteiger charge is 2.30. The first-order valence-corrected chi connectivity index (χ1v) is 7.64. The maximum absolute atomic E-state index is 5.35. The zero-order chi connectivity index (χ0) is 14.8. The van der Waals surface area contributed by atoms with Crippen molar-refractivity contribution in [3.63, 3.8) is 0 Å². The Bertz CT molecular complexity index is 620. The standard InChI is InChI=1S/C17H23N3O/c1-4-16-19-9-10-20(16)15-8-5-12-11-13(21-3)6-7-14(12)17(15)18-2/h6-7,9-11,15,17-18H,4-5,8H2,1-3H3. The van der Waals surface area contributed by atoms with Crippen LogP contribution in [0.1, 0.15) is 42.4 Å². The van der Waals surface area contributed by atoms with E-state index in [0.717, 1.165) is 30.8 Å². The summed E-state index contributed by atoms with van der Waals surface area (Å²) in [6.45, 7) is 2.16. The van der Waals surface area contributed by atoms with Gasteiger partial charge in [-0.15, -0.1) is 0 Å². The van der Waals surface area contributed by atoms with Gasteiger partial charge < -0.3 is 14.6 Å². The number of nitrogens with one attached hydrogen (secondary N) is 1. The van der Waals surface area contributed by atoms with Crippen LogP contribution in [0.5, 0.6) is 5.75 Å². The summed E-state index contributed by atoms with van der Waals surface area (Å²) in [5, 5.41) is 3.50. The molecule has 0 fully saturated rings. The topological polar surface area (TPSA) is 39.1 Å². The average Bonchev–Trinajstić information content (AvgIpc) is 3.01. The molecule has 1 N–H and O–H groups in total. The first-order chi connectivity index (χ1) is 10.3. The van der Waals surface area contributed by atoms with E-state index in [4.69, 9.17) is 4.74 Å². The SMILES string of the molecule is CCc1nccn1C1CCc2cc(OC)ccc2C1NC. The molecule has 1 aromatic carbocycles. The van der Waals surface area contributed by atoms with Crippen molar-refractivity contribution in [2.75, 3.05) is 14.2 Å². The van der Waals surface area contributed by atoms with Crippen LogP contribution in [0.25, 0.3) is 0 Å². The minimum Gasteiger partial charge on any atom is -0.497 e. The molecular formula is C17H23N3O. The lowest BCUT2D eigenvalue weighted by atomic mass is 9.83. The van der Waals surface area contributed by atoms with Gasteiger partial charge in [-0.3, -0.25) is 0 Å². The number of ether oxygens (including phenoxy) is 1. The third-order valence-corrected chi connectivity index (χ3v) is 4.51. The van der Waals surface area contributed by atoms with Gasteiger partial charge in [0.2, 0.25) is 0 Å². The summed E-state index contributed by atoms with van der Waals surface area (Å²) in [5.41, 5.74) is 2.77. The van der Waals surface area contributed by atoms with Crippen LogP contribution in [0, 0.1) is 0 Å². The van der Waals surface area contributed by atoms with Crippen molar-refractivity contribution in [2.24, 2.45) is 0 Å². The van der Waals surface area contributed by atoms with Crippen LogP contribution in [0.3, 0.4) is 0 Å². The summed E-state index contributed by atoms with van der Waals surface area (Å²) in [7, 11) is 3.77. The summed E-state index contributed by atoms with van der Waals surface area (Å²) >= 11 is 0. The molecule has 3 rings (SSSR count). The number of benzene rings is 1. The Balaban J connectivity index is 1.98. The number of imidazole rings is 1. The van der Waals surface area contributed by atoms with E-state index in [1.165, 1.54) is 11.1 Å². The summed E-state index contributed by atoms with van der Waals surface area (Å²) < 4.78 is 7.69. The van der Waals surface area contributed by atoms with Gasteiger partial charge in [0.1, 0.15) is 11.6 Å². The summed E-state index contributed by atoms with van der Waals surface area (Å²) in [6.07, 6.45) is 7.19. The lowest BCUT2D eigenvalue weighted by Gasteiger charge is -2.35. The predicted octanol–water partition coefficient (Wildman–Crippen LogP) is 2.90. The number of aryl methyl sites for hydroxylation is 2. The molecule has 2 unspecified atom stereocenters. The normalized spacial score (nSPS) is 21.1. The second-order valence-electron chi connectivity index (χ2n) is 5.54. The fourth-order valence-electron chi connectivity index (χ4n) is 3.47. The lowest BCUT2D eigenvalue weighted by molar-refractivity contribution is 0.324. The number of hydrogen-bond donors (Lipinski definition) is 1. The monoisotopic (exact) mass is 285 g/mol. The Morgan fingerprint density at radius 2 is 2.29 bits per heavy atom. The van der Waals surface area contributed by atoms with Gasteiger partial charge in [0.15, 0.2) is 0 Å². The van der Waals surface area contributed by atoms with Gasteiger partial charge in [-0.05, 0) is 43.1 Å². The summed E-state index contributed by atoms with van der Waals surface area (Å²) in [4.78, 5) is 4.48. The van der Waals surface area contributed by atoms with Gasteiger partial charge in [-0.1, -0.05) is 13.0 Å². The third-order valence-electron chi connectivity index (χ3n) is 4.51. The maximum atomic E-state index is 5.35. The van der Waals surface area contributed by atoms with E-state index in [2.05, 4.69) is 46.2 Å². The quantitative estimate of drug-likeness (QED) is 0.939. The van der Waals surface area contributed by atoms with E-state index in [1.54, 1.807) is 7.11 Å². The lowest BCUT2D eigenvalue weighted by Crippen LogP contribution is -2.32. The average molecular weight is 285 g/mol. The molecule has 0 aliphatic heterocycles. The summed E-state index contributed by atoms with van der Waals surface area (Å²) in [6, 6.07) is 7.17. The number of likely N-dealkylation sites (N-methyl/N-ethyl adjacent to an activating group) is 1. The molecule has 0 saturated heterocycles. The fraction of sp³-hybridized carbons (Fsp3) is 0.471. The molecule has 0 amide bonds. The first kappa shape index (κ1) is 14.1. The Labute approximate surface area is 126 Å². The maximum Gasteiger partial charge on any atom is 0.119 e. The highest BCUT2D eigenvalue weighted by Crippen LogP contribution is 2.39. The molecule has 1 heterocycles. The van der Waals surface area contributed by atoms with E-state index >= 15 is 0 Å². The number of rotatable bonds is 4. The predicted molar refractivity (Wildman–Crippen MR) is 83.8 cm³/mol. The molecule has 2 aromatic rings. The molecule has 4 nitrogen and oxygen atoms in total. The zero-order valence-electron chi connectivity index (χ0n) is 13.0. The van der Waals surface area contributed by atoms with Crippen LogP contribution in [0.2, 0.25) is 0 Å². The van der Waals surface area contributed by atoms with Gasteiger partial charge in [0.25, 0.3) is 0 Å². The third kappa shape index (κ3) is 2.44. The molecule has 112 valence electrons. The minimum absolute atomic E-state index is 0.319. The van der Waals surface area contributed by atoms with E-state index in [0.29, 0.717) is 12.1 Å². The molecular weight excluding hydrogens is 262 g/mol. The molecule has 1 aromatic heterocycles. The molecule has 0 saturated carbocycles. The Kier molecular flexibility index (Phi) is 3.97. The number of fused-ring (bicyclic) bond motifs is 1. The second-order valence-corrected chi connectivity index (χ2v) is 5.54. The first-order valence-electron chi connectivity index (χ1n) is 7.64. The molecule has 21 heavy (non-hydrogen) atoms. The van der Waals surface area contributed by atoms with Crippen LogP contribution in [0.4, 0.5) is 0 Å². The molecule has 2 atom stereocenters. The zero-order valence-corrected chi connectivity index (χ0v) is 13.0. The number of methoxy groups -OCH3 is 1. The van der Waals surface area contributed by atoms with Crippen LogP contribution >= 0.6 is 0 Å². The largest absolute Gasteiger partial charge is 0.497 e. The minimum atomic E-state index is 0.319. The van der Waals surface area contributed by atoms with E-state index < -0.39 is 0 Å². The van der Waals surface area contributed by atoms with Crippen molar-refractivity contribution in [3.8, 4) is 5.75 Å². The van der Waals surface area contributed by atoms with Crippen molar-refractivity contribution in [2.45, 2.75) is 38.3 Å². The molecule has 0 radical (unpaired) electrons. The van der Waals surface area contributed by atoms with E-state index in [1.807, 2.05) is 13.2 Å². The molecule has 4 heteroatoms. The van der Waals surface area contributed by atoms with Gasteiger partial charge in [0.05, 0.1) is 19.2 Å². The molecule has 0 bridgehead atoms. The van der Waals surface area contributed by atoms with Crippen molar-refractivity contribution < 1.29 is 4.74 Å². The van der Waals surface area contributed by atoms with Crippen LogP contribution in [-0.2, 0) is 12.8 Å². The Morgan fingerprint density at radius 1 is 1.43 bits per heavy atom. The van der Waals surface area contributed by atoms with Crippen LogP contribution < -0.4 is 10.1 Å². The van der Waals surface area contributed by atoms with Crippen molar-refractivity contribution >= 4 is 0 Å². The highest BCUT2D eigenvalue weighted by atomic mass is 16.5. The van der Waals surface area contributed by atoms with Crippen molar-refractivity contribution in [1.82, 2.24) is 14.9 Å². The van der Waals surface area contributed by atoms with Crippen LogP contribution in [-0.4, -0.2) is 23.7 Å². The Morgan fingerprint density at radius 3 is 3.00 bits per heavy atom. The van der Waals surface area contributed by atoms with E-state index in [9.17, 15) is 0 Å². The summed E-state index contributed by atoms with van der Waals surface area (Å²) in [5.74, 6) is 2.11. The van der Waals surface area contributed by atoms with Crippen LogP contribution in [0.15, 0.2) is 30.6 Å². The second kappa shape index (κ2) is 5.90. The van der Waals surface area contributed by atoms with Gasteiger partial charge >= 0.3 is 0 Å². The molecule has 1 aliphatic carbocycles. The van der Waals surface area contributed by atoms with Crippen molar-refractivity contribution in [3.05, 3.63) is 47.5 Å². The Hall–Kier alpha value is -1.81.